The predicted octanol–water partition coefficient (Wildman–Crippen LogP) is 5.93. The molecule has 0 spiro atoms. The summed E-state index contributed by atoms with van der Waals surface area (Å²) < 4.78 is 20.8. The summed E-state index contributed by atoms with van der Waals surface area (Å²) in [5, 5.41) is 3.26. The summed E-state index contributed by atoms with van der Waals surface area (Å²) >= 11 is 0. The Morgan fingerprint density at radius 3 is 2.56 bits per heavy atom. The summed E-state index contributed by atoms with van der Waals surface area (Å²) in [5.74, 6) is 0.496. The second-order valence-electron chi connectivity index (χ2n) is 8.36. The van der Waals surface area contributed by atoms with Crippen molar-refractivity contribution < 1.29 is 13.9 Å². The molecule has 0 aliphatic carbocycles. The van der Waals surface area contributed by atoms with E-state index in [2.05, 4.69) is 5.32 Å². The van der Waals surface area contributed by atoms with Crippen LogP contribution in [0.3, 0.4) is 0 Å². The first-order chi connectivity index (χ1) is 17.5. The molecular formula is C28H29FN4O3. The van der Waals surface area contributed by atoms with E-state index < -0.39 is 17.9 Å². The summed E-state index contributed by atoms with van der Waals surface area (Å²) in [6, 6.07) is 19.2. The Labute approximate surface area is 209 Å². The lowest BCUT2D eigenvalue weighted by Gasteiger charge is -2.32. The van der Waals surface area contributed by atoms with Gasteiger partial charge in [0.05, 0.1) is 29.7 Å². The van der Waals surface area contributed by atoms with Crippen molar-refractivity contribution in [1.82, 2.24) is 14.5 Å². The molecule has 1 heterocycles. The Bertz CT molecular complexity index is 1440. The molecule has 0 aliphatic heterocycles. The van der Waals surface area contributed by atoms with Gasteiger partial charge in [0.25, 0.3) is 5.56 Å². The molecular weight excluding hydrogens is 459 g/mol. The van der Waals surface area contributed by atoms with E-state index in [1.165, 1.54) is 22.8 Å². The minimum absolute atomic E-state index is 0.250. The van der Waals surface area contributed by atoms with E-state index in [9.17, 15) is 14.0 Å². The van der Waals surface area contributed by atoms with Crippen molar-refractivity contribution in [3.05, 3.63) is 94.8 Å². The van der Waals surface area contributed by atoms with Crippen LogP contribution >= 0.6 is 0 Å². The number of benzene rings is 3. The topological polar surface area (TPSA) is 76.5 Å². The number of methoxy groups -OCH3 is 1. The summed E-state index contributed by atoms with van der Waals surface area (Å²) in [5.41, 5.74) is 1.19. The molecule has 0 saturated heterocycles. The number of carbonyl (C=O) groups is 1. The fraction of sp³-hybridized carbons (Fsp3) is 0.250. The maximum Gasteiger partial charge on any atom is 0.322 e. The van der Waals surface area contributed by atoms with E-state index in [0.29, 0.717) is 53.2 Å². The maximum atomic E-state index is 13.8. The number of amides is 2. The molecule has 7 nitrogen and oxygen atoms in total. The Morgan fingerprint density at radius 2 is 1.83 bits per heavy atom. The smallest absolute Gasteiger partial charge is 0.322 e. The first-order valence-electron chi connectivity index (χ1n) is 12.0. The van der Waals surface area contributed by atoms with Gasteiger partial charge in [0, 0.05) is 12.2 Å². The lowest BCUT2D eigenvalue weighted by Crippen LogP contribution is -2.41. The number of ether oxygens (including phenoxy) is 1. The van der Waals surface area contributed by atoms with Crippen LogP contribution in [-0.2, 0) is 0 Å². The van der Waals surface area contributed by atoms with Gasteiger partial charge in [0.2, 0.25) is 0 Å². The van der Waals surface area contributed by atoms with Gasteiger partial charge < -0.3 is 15.0 Å². The highest BCUT2D eigenvalue weighted by Crippen LogP contribution is 2.30. The Balaban J connectivity index is 1.90. The van der Waals surface area contributed by atoms with E-state index in [0.717, 1.165) is 0 Å². The summed E-state index contributed by atoms with van der Waals surface area (Å²) in [7, 11) is 1.55. The zero-order chi connectivity index (χ0) is 25.7. The Kier molecular flexibility index (Phi) is 7.63. The van der Waals surface area contributed by atoms with Gasteiger partial charge in [0.1, 0.15) is 17.4 Å². The van der Waals surface area contributed by atoms with Gasteiger partial charge in [-0.1, -0.05) is 44.2 Å². The van der Waals surface area contributed by atoms with Gasteiger partial charge in [-0.05, 0) is 55.3 Å². The van der Waals surface area contributed by atoms with Crippen molar-refractivity contribution in [3.8, 4) is 11.4 Å². The number of nitrogens with zero attached hydrogens (tertiary/aromatic N) is 3. The number of fused-ring (bicyclic) bond motifs is 1. The standard InChI is InChI=1S/C28H29FN4O3/c1-4-17-32(28(35)30-20-12-10-11-19(29)18-20)23(5-2)26-31-22-14-7-6-13-21(22)27(34)33(26)24-15-8-9-16-25(24)36-3/h6-16,18,23H,4-5,17H2,1-3H3,(H,30,35). The quantitative estimate of drug-likeness (QED) is 0.334. The molecule has 4 rings (SSSR count). The number of para-hydroxylation sites is 3. The fourth-order valence-corrected chi connectivity index (χ4v) is 4.36. The van der Waals surface area contributed by atoms with Crippen molar-refractivity contribution in [2.24, 2.45) is 0 Å². The molecule has 0 fully saturated rings. The molecule has 0 saturated carbocycles. The molecule has 0 radical (unpaired) electrons. The van der Waals surface area contributed by atoms with Gasteiger partial charge in [-0.2, -0.15) is 0 Å². The number of anilines is 1. The minimum atomic E-state index is -0.541. The highest BCUT2D eigenvalue weighted by atomic mass is 19.1. The summed E-state index contributed by atoms with van der Waals surface area (Å²) in [6.45, 7) is 4.32. The van der Waals surface area contributed by atoms with E-state index in [-0.39, 0.29) is 5.56 Å². The lowest BCUT2D eigenvalue weighted by atomic mass is 10.1. The van der Waals surface area contributed by atoms with E-state index in [4.69, 9.17) is 9.72 Å². The normalized spacial score (nSPS) is 11.8. The Hall–Kier alpha value is -4.20. The van der Waals surface area contributed by atoms with E-state index in [1.807, 2.05) is 32.0 Å². The summed E-state index contributed by atoms with van der Waals surface area (Å²) in [4.78, 5) is 33.8. The van der Waals surface area contributed by atoms with Crippen LogP contribution in [0, 0.1) is 5.82 Å². The molecule has 0 bridgehead atoms. The van der Waals surface area contributed by atoms with Gasteiger partial charge >= 0.3 is 6.03 Å². The SMILES string of the molecule is CCCN(C(=O)Nc1cccc(F)c1)C(CC)c1nc2ccccc2c(=O)n1-c1ccccc1OC. The third kappa shape index (κ3) is 4.93. The average Bonchev–Trinajstić information content (AvgIpc) is 2.89. The van der Waals surface area contributed by atoms with Crippen LogP contribution in [0.25, 0.3) is 16.6 Å². The number of halogens is 1. The summed E-state index contributed by atoms with van der Waals surface area (Å²) in [6.07, 6.45) is 1.18. The molecule has 0 aliphatic rings. The molecule has 4 aromatic rings. The molecule has 36 heavy (non-hydrogen) atoms. The van der Waals surface area contributed by atoms with Crippen LogP contribution < -0.4 is 15.6 Å². The predicted molar refractivity (Wildman–Crippen MR) is 139 cm³/mol. The third-order valence-corrected chi connectivity index (χ3v) is 5.99. The van der Waals surface area contributed by atoms with Crippen LogP contribution in [0.4, 0.5) is 14.9 Å². The monoisotopic (exact) mass is 488 g/mol. The van der Waals surface area contributed by atoms with Crippen LogP contribution in [0.1, 0.15) is 38.6 Å². The van der Waals surface area contributed by atoms with E-state index in [1.54, 1.807) is 48.4 Å². The van der Waals surface area contributed by atoms with Crippen molar-refractivity contribution in [2.45, 2.75) is 32.7 Å². The minimum Gasteiger partial charge on any atom is -0.495 e. The van der Waals surface area contributed by atoms with Gasteiger partial charge in [0.15, 0.2) is 0 Å². The van der Waals surface area contributed by atoms with Crippen LogP contribution in [0.2, 0.25) is 0 Å². The first-order valence-corrected chi connectivity index (χ1v) is 12.0. The number of aromatic nitrogens is 2. The lowest BCUT2D eigenvalue weighted by molar-refractivity contribution is 0.181. The fourth-order valence-electron chi connectivity index (χ4n) is 4.36. The molecule has 1 unspecified atom stereocenters. The van der Waals surface area contributed by atoms with Crippen LogP contribution in [0.5, 0.6) is 5.75 Å². The Morgan fingerprint density at radius 1 is 1.08 bits per heavy atom. The molecule has 1 atom stereocenters. The third-order valence-electron chi connectivity index (χ3n) is 5.99. The number of nitrogens with one attached hydrogen (secondary N) is 1. The van der Waals surface area contributed by atoms with Crippen LogP contribution in [-0.4, -0.2) is 34.1 Å². The number of urea groups is 1. The zero-order valence-electron chi connectivity index (χ0n) is 20.6. The average molecular weight is 489 g/mol. The highest BCUT2D eigenvalue weighted by Gasteiger charge is 2.29. The second kappa shape index (κ2) is 11.0. The molecule has 1 aromatic heterocycles. The van der Waals surface area contributed by atoms with Crippen molar-refractivity contribution in [2.75, 3.05) is 19.0 Å². The zero-order valence-corrected chi connectivity index (χ0v) is 20.6. The second-order valence-corrected chi connectivity index (χ2v) is 8.36. The van der Waals surface area contributed by atoms with Crippen molar-refractivity contribution in [1.29, 1.82) is 0 Å². The molecule has 3 aromatic carbocycles. The number of hydrogen-bond donors (Lipinski definition) is 1. The van der Waals surface area contributed by atoms with E-state index >= 15 is 0 Å². The van der Waals surface area contributed by atoms with Crippen LogP contribution in [0.15, 0.2) is 77.6 Å². The maximum absolute atomic E-state index is 13.8. The largest absolute Gasteiger partial charge is 0.495 e. The molecule has 2 amide bonds. The number of carbonyl (C=O) groups excluding carboxylic acids is 1. The molecule has 8 heteroatoms. The van der Waals surface area contributed by atoms with Crippen molar-refractivity contribution >= 4 is 22.6 Å². The molecule has 1 N–H and O–H groups in total. The molecule has 186 valence electrons. The van der Waals surface area contributed by atoms with Gasteiger partial charge in [-0.25, -0.2) is 14.2 Å². The highest BCUT2D eigenvalue weighted by molar-refractivity contribution is 5.89. The number of rotatable bonds is 8. The van der Waals surface area contributed by atoms with Gasteiger partial charge in [-0.3, -0.25) is 9.36 Å². The van der Waals surface area contributed by atoms with Crippen molar-refractivity contribution in [3.63, 3.8) is 0 Å². The first kappa shape index (κ1) is 24.9. The van der Waals surface area contributed by atoms with Gasteiger partial charge in [-0.15, -0.1) is 0 Å². The number of hydrogen-bond acceptors (Lipinski definition) is 4.